The van der Waals surface area contributed by atoms with Crippen LogP contribution < -0.4 is 0 Å². The average molecular weight is 849 g/mol. The van der Waals surface area contributed by atoms with Crippen LogP contribution in [0.15, 0.2) is 78.9 Å². The molecule has 0 radical (unpaired) electrons. The van der Waals surface area contributed by atoms with Crippen molar-refractivity contribution in [3.8, 4) is 33.4 Å². The van der Waals surface area contributed by atoms with Crippen LogP contribution in [0, 0.1) is 42.4 Å². The smallest absolute Gasteiger partial charge is 0.0220 e. The summed E-state index contributed by atoms with van der Waals surface area (Å²) in [5, 5.41) is 0. The molecule has 2 aliphatic carbocycles. The first-order valence-electron chi connectivity index (χ1n) is 26.9. The van der Waals surface area contributed by atoms with Crippen molar-refractivity contribution in [1.29, 1.82) is 0 Å². The molecule has 0 amide bonds. The van der Waals surface area contributed by atoms with E-state index in [-0.39, 0.29) is 10.8 Å². The Morgan fingerprint density at radius 1 is 0.413 bits per heavy atom. The molecule has 0 heteroatoms. The zero-order valence-corrected chi connectivity index (χ0v) is 42.6. The van der Waals surface area contributed by atoms with E-state index < -0.39 is 0 Å². The number of aryl methyl sites for hydroxylation is 1. The number of benzene rings is 4. The van der Waals surface area contributed by atoms with E-state index in [1.165, 1.54) is 167 Å². The molecule has 4 aromatic carbocycles. The van der Waals surface area contributed by atoms with Crippen molar-refractivity contribution in [3.63, 3.8) is 0 Å². The fraction of sp³-hybridized carbons (Fsp3) is 0.619. The topological polar surface area (TPSA) is 0 Å². The lowest BCUT2D eigenvalue weighted by Crippen LogP contribution is -2.31. The van der Waals surface area contributed by atoms with Crippen LogP contribution in [0.25, 0.3) is 33.4 Å². The van der Waals surface area contributed by atoms with Crippen LogP contribution in [0.5, 0.6) is 0 Å². The predicted octanol–water partition coefficient (Wildman–Crippen LogP) is 19.9. The van der Waals surface area contributed by atoms with E-state index in [1.54, 1.807) is 22.3 Å². The number of fused-ring (bicyclic) bond motifs is 6. The Morgan fingerprint density at radius 3 is 1.33 bits per heavy atom. The summed E-state index contributed by atoms with van der Waals surface area (Å²) in [5.41, 5.74) is 16.8. The minimum absolute atomic E-state index is 0.0449. The zero-order chi connectivity index (χ0) is 45.1. The van der Waals surface area contributed by atoms with Gasteiger partial charge in [0.15, 0.2) is 0 Å². The van der Waals surface area contributed by atoms with Crippen LogP contribution in [0.4, 0.5) is 0 Å². The first-order chi connectivity index (χ1) is 30.4. The maximum atomic E-state index is 2.72. The molecule has 4 atom stereocenters. The molecule has 6 rings (SSSR count). The standard InChI is InChI=1S/C63H92/c1-12-16-26-50(14-3)43-63(44-51(15-4)27-17-13-2)58-29-19-18-28-54(58)56-34-31-53(42-61(56)63)52-32-35-57-55-33-30-49(11)40-59(55)62(60(57)41-52,38-36-47(9)24-20-22-45(5)6)39-37-48(10)25-21-23-46(7)8/h18-19,28-35,40-42,45-48,50-51H,12-17,20-27,36-39,43-44H2,1-11H3. The Bertz CT molecular complexity index is 1980. The summed E-state index contributed by atoms with van der Waals surface area (Å²) in [6.45, 7) is 26.7. The van der Waals surface area contributed by atoms with Gasteiger partial charge in [-0.1, -0.05) is 231 Å². The van der Waals surface area contributed by atoms with Crippen LogP contribution in [0.3, 0.4) is 0 Å². The largest absolute Gasteiger partial charge is 0.0654 e. The SMILES string of the molecule is CCCCC(CC)CC1(CC(CC)CCCC)c2ccccc2-c2ccc(-c3ccc4c(c3)C(CCC(C)CCCC(C)C)(CCC(C)CCCC(C)C)c3cc(C)ccc3-4)cc21. The summed E-state index contributed by atoms with van der Waals surface area (Å²) in [5.74, 6) is 4.53. The lowest BCUT2D eigenvalue weighted by molar-refractivity contribution is 0.266. The van der Waals surface area contributed by atoms with E-state index in [0.717, 1.165) is 35.5 Å². The quantitative estimate of drug-likeness (QED) is 0.0561. The van der Waals surface area contributed by atoms with Crippen molar-refractivity contribution >= 4 is 0 Å². The third-order valence-electron chi connectivity index (χ3n) is 16.6. The molecule has 2 aliphatic rings. The van der Waals surface area contributed by atoms with Crippen molar-refractivity contribution in [2.45, 2.75) is 215 Å². The van der Waals surface area contributed by atoms with E-state index in [0.29, 0.717) is 0 Å². The Hall–Kier alpha value is -3.12. The molecule has 0 spiro atoms. The van der Waals surface area contributed by atoms with Gasteiger partial charge >= 0.3 is 0 Å². The summed E-state index contributed by atoms with van der Waals surface area (Å²) in [7, 11) is 0. The lowest BCUT2D eigenvalue weighted by Gasteiger charge is -2.39. The van der Waals surface area contributed by atoms with Crippen molar-refractivity contribution in [3.05, 3.63) is 107 Å². The third kappa shape index (κ3) is 11.5. The molecular weight excluding hydrogens is 757 g/mol. The van der Waals surface area contributed by atoms with E-state index in [9.17, 15) is 0 Å². The Kier molecular flexibility index (Phi) is 17.9. The van der Waals surface area contributed by atoms with Crippen molar-refractivity contribution in [2.75, 3.05) is 0 Å². The first kappa shape index (κ1) is 49.3. The van der Waals surface area contributed by atoms with Gasteiger partial charge < -0.3 is 0 Å². The predicted molar refractivity (Wildman–Crippen MR) is 279 cm³/mol. The maximum absolute atomic E-state index is 2.72. The fourth-order valence-electron chi connectivity index (χ4n) is 12.5. The van der Waals surface area contributed by atoms with Gasteiger partial charge in [0.05, 0.1) is 0 Å². The van der Waals surface area contributed by atoms with Crippen molar-refractivity contribution < 1.29 is 0 Å². The highest BCUT2D eigenvalue weighted by molar-refractivity contribution is 5.87. The normalized spacial score (nSPS) is 19.5. The van der Waals surface area contributed by atoms with E-state index in [2.05, 4.69) is 155 Å². The van der Waals surface area contributed by atoms with Gasteiger partial charge in [-0.15, -0.1) is 0 Å². The molecule has 0 saturated carbocycles. The van der Waals surface area contributed by atoms with Crippen LogP contribution >= 0.6 is 0 Å². The minimum Gasteiger partial charge on any atom is -0.0654 e. The molecule has 63 heavy (non-hydrogen) atoms. The number of unbranched alkanes of at least 4 members (excludes halogenated alkanes) is 2. The van der Waals surface area contributed by atoms with Crippen molar-refractivity contribution in [2.24, 2.45) is 35.5 Å². The van der Waals surface area contributed by atoms with Crippen molar-refractivity contribution in [1.82, 2.24) is 0 Å². The monoisotopic (exact) mass is 849 g/mol. The molecule has 0 aromatic heterocycles. The minimum atomic E-state index is 0.0449. The molecule has 4 aromatic rings. The molecule has 0 bridgehead atoms. The lowest BCUT2D eigenvalue weighted by atomic mass is 9.65. The first-order valence-corrected chi connectivity index (χ1v) is 26.9. The maximum Gasteiger partial charge on any atom is 0.0220 e. The molecule has 0 N–H and O–H groups in total. The van der Waals surface area contributed by atoms with Crippen LogP contribution in [-0.2, 0) is 10.8 Å². The van der Waals surface area contributed by atoms with Gasteiger partial charge in [0.2, 0.25) is 0 Å². The second-order valence-electron chi connectivity index (χ2n) is 22.5. The highest BCUT2D eigenvalue weighted by Gasteiger charge is 2.46. The molecule has 0 heterocycles. The Balaban J connectivity index is 1.47. The summed E-state index contributed by atoms with van der Waals surface area (Å²) in [4.78, 5) is 0. The Labute approximate surface area is 389 Å². The van der Waals surface area contributed by atoms with Gasteiger partial charge in [-0.25, -0.2) is 0 Å². The zero-order valence-electron chi connectivity index (χ0n) is 42.6. The fourth-order valence-corrected chi connectivity index (χ4v) is 12.5. The molecule has 344 valence electrons. The van der Waals surface area contributed by atoms with E-state index in [1.807, 2.05) is 0 Å². The van der Waals surface area contributed by atoms with Crippen LogP contribution in [0.2, 0.25) is 0 Å². The molecular formula is C63H92. The number of hydrogen-bond donors (Lipinski definition) is 0. The second kappa shape index (κ2) is 22.9. The summed E-state index contributed by atoms with van der Waals surface area (Å²) in [6, 6.07) is 32.6. The van der Waals surface area contributed by atoms with Gasteiger partial charge in [0.25, 0.3) is 0 Å². The second-order valence-corrected chi connectivity index (χ2v) is 22.5. The molecule has 0 saturated heterocycles. The highest BCUT2D eigenvalue weighted by atomic mass is 14.5. The summed E-state index contributed by atoms with van der Waals surface area (Å²) >= 11 is 0. The Morgan fingerprint density at radius 2 is 0.857 bits per heavy atom. The number of hydrogen-bond acceptors (Lipinski definition) is 0. The van der Waals surface area contributed by atoms with E-state index in [4.69, 9.17) is 0 Å². The average Bonchev–Trinajstić information content (AvgIpc) is 3.69. The highest BCUT2D eigenvalue weighted by Crippen LogP contribution is 2.59. The summed E-state index contributed by atoms with van der Waals surface area (Å²) in [6.07, 6.45) is 26.2. The van der Waals surface area contributed by atoms with E-state index >= 15 is 0 Å². The summed E-state index contributed by atoms with van der Waals surface area (Å²) < 4.78 is 0. The molecule has 0 fully saturated rings. The van der Waals surface area contributed by atoms with Gasteiger partial charge in [0.1, 0.15) is 0 Å². The molecule has 4 unspecified atom stereocenters. The van der Waals surface area contributed by atoms with Gasteiger partial charge in [-0.2, -0.15) is 0 Å². The molecule has 0 nitrogen and oxygen atoms in total. The molecule has 0 aliphatic heterocycles. The number of rotatable bonds is 27. The third-order valence-corrected chi connectivity index (χ3v) is 16.6. The van der Waals surface area contributed by atoms with Gasteiger partial charge in [-0.3, -0.25) is 0 Å². The van der Waals surface area contributed by atoms with Gasteiger partial charge in [0, 0.05) is 10.8 Å². The van der Waals surface area contributed by atoms with Crippen LogP contribution in [-0.4, -0.2) is 0 Å². The van der Waals surface area contributed by atoms with Crippen LogP contribution in [0.1, 0.15) is 225 Å². The van der Waals surface area contributed by atoms with Gasteiger partial charge in [-0.05, 0) is 149 Å².